The summed E-state index contributed by atoms with van der Waals surface area (Å²) in [4.78, 5) is 11.2. The largest absolute Gasteiger partial charge is 0.450 e. The highest BCUT2D eigenvalue weighted by Gasteiger charge is 2.01. The number of unbranched alkanes of at least 4 members (excludes halogenated alkanes) is 2. The Morgan fingerprint density at radius 1 is 1.31 bits per heavy atom. The van der Waals surface area contributed by atoms with Crippen molar-refractivity contribution in [3.05, 3.63) is 42.4 Å². The van der Waals surface area contributed by atoms with Crippen molar-refractivity contribution in [3.63, 3.8) is 0 Å². The molecule has 0 atom stereocenters. The van der Waals surface area contributed by atoms with E-state index >= 15 is 0 Å². The van der Waals surface area contributed by atoms with Crippen LogP contribution in [-0.4, -0.2) is 12.7 Å². The van der Waals surface area contributed by atoms with E-state index in [1.165, 1.54) is 0 Å². The van der Waals surface area contributed by atoms with Crippen LogP contribution in [0.5, 0.6) is 0 Å². The minimum absolute atomic E-state index is 0.389. The van der Waals surface area contributed by atoms with E-state index in [2.05, 4.69) is 12.2 Å². The Morgan fingerprint density at radius 3 is 2.75 bits per heavy atom. The number of carbonyl (C=O) groups excluding carboxylic acids is 1. The highest BCUT2D eigenvalue weighted by Crippen LogP contribution is 1.99. The summed E-state index contributed by atoms with van der Waals surface area (Å²) in [5, 5.41) is 2.59. The van der Waals surface area contributed by atoms with Crippen LogP contribution in [0.15, 0.2) is 30.3 Å². The van der Waals surface area contributed by atoms with Crippen molar-refractivity contribution in [2.75, 3.05) is 6.61 Å². The van der Waals surface area contributed by atoms with Gasteiger partial charge in [0.05, 0.1) is 13.2 Å². The number of rotatable bonds is 6. The van der Waals surface area contributed by atoms with Gasteiger partial charge in [-0.25, -0.2) is 4.79 Å². The van der Waals surface area contributed by atoms with E-state index in [0.717, 1.165) is 24.8 Å². The Bertz CT molecular complexity index is 298. The standard InChI is InChI=1S/C13H18NO2/c1-2-3-7-10-16-13(15)14-11-12-8-5-4-6-9-12/h4-6,8-9,11H,2-3,7,10H2,1H3,(H,14,15). The van der Waals surface area contributed by atoms with E-state index in [9.17, 15) is 4.79 Å². The van der Waals surface area contributed by atoms with E-state index in [1.807, 2.05) is 30.3 Å². The zero-order valence-electron chi connectivity index (χ0n) is 9.61. The number of alkyl carbamates (subject to hydrolysis) is 1. The Balaban J connectivity index is 2.11. The number of hydrogen-bond donors (Lipinski definition) is 1. The average molecular weight is 220 g/mol. The van der Waals surface area contributed by atoms with Gasteiger partial charge in [-0.1, -0.05) is 50.1 Å². The lowest BCUT2D eigenvalue weighted by atomic mass is 10.2. The maximum atomic E-state index is 11.2. The summed E-state index contributed by atoms with van der Waals surface area (Å²) in [6.07, 6.45) is 2.76. The summed E-state index contributed by atoms with van der Waals surface area (Å²) in [7, 11) is 0. The molecule has 0 aliphatic heterocycles. The van der Waals surface area contributed by atoms with E-state index < -0.39 is 0 Å². The Morgan fingerprint density at radius 2 is 2.06 bits per heavy atom. The molecule has 0 unspecified atom stereocenters. The lowest BCUT2D eigenvalue weighted by molar-refractivity contribution is 0.147. The first-order valence-corrected chi connectivity index (χ1v) is 5.64. The molecule has 3 nitrogen and oxygen atoms in total. The highest BCUT2D eigenvalue weighted by atomic mass is 16.5. The Kier molecular flexibility index (Phi) is 6.07. The molecular formula is C13H18NO2. The molecular weight excluding hydrogens is 202 g/mol. The first kappa shape index (κ1) is 12.6. The summed E-state index contributed by atoms with van der Waals surface area (Å²) in [6, 6.07) is 9.59. The van der Waals surface area contributed by atoms with Crippen LogP contribution in [0.3, 0.4) is 0 Å². The zero-order chi connectivity index (χ0) is 11.6. The SMILES string of the molecule is CCCCCOC(=O)N[CH]c1ccccc1. The molecule has 0 bridgehead atoms. The number of hydrogen-bond acceptors (Lipinski definition) is 2. The topological polar surface area (TPSA) is 38.3 Å². The first-order chi connectivity index (χ1) is 7.83. The van der Waals surface area contributed by atoms with Crippen LogP contribution in [0.2, 0.25) is 0 Å². The van der Waals surface area contributed by atoms with Gasteiger partial charge in [-0.05, 0) is 12.0 Å². The summed E-state index contributed by atoms with van der Waals surface area (Å²) in [6.45, 7) is 4.24. The van der Waals surface area contributed by atoms with Crippen LogP contribution < -0.4 is 5.32 Å². The van der Waals surface area contributed by atoms with Crippen LogP contribution in [0.4, 0.5) is 4.79 Å². The molecule has 0 fully saturated rings. The van der Waals surface area contributed by atoms with Gasteiger partial charge in [-0.3, -0.25) is 0 Å². The molecule has 3 heteroatoms. The molecule has 1 radical (unpaired) electrons. The van der Waals surface area contributed by atoms with E-state index in [4.69, 9.17) is 4.74 Å². The smallest absolute Gasteiger partial charge is 0.407 e. The van der Waals surface area contributed by atoms with Gasteiger partial charge in [0, 0.05) is 0 Å². The minimum atomic E-state index is -0.389. The summed E-state index contributed by atoms with van der Waals surface area (Å²) >= 11 is 0. The fourth-order valence-corrected chi connectivity index (χ4v) is 1.25. The molecule has 0 aliphatic rings. The zero-order valence-corrected chi connectivity index (χ0v) is 9.61. The molecule has 0 saturated heterocycles. The van der Waals surface area contributed by atoms with Gasteiger partial charge in [0.2, 0.25) is 0 Å². The molecule has 1 amide bonds. The second-order valence-electron chi connectivity index (χ2n) is 3.54. The molecule has 0 aliphatic carbocycles. The first-order valence-electron chi connectivity index (χ1n) is 5.64. The predicted molar refractivity (Wildman–Crippen MR) is 63.9 cm³/mol. The van der Waals surface area contributed by atoms with Crippen molar-refractivity contribution in [3.8, 4) is 0 Å². The maximum Gasteiger partial charge on any atom is 0.407 e. The number of ether oxygens (including phenoxy) is 1. The lowest BCUT2D eigenvalue weighted by Crippen LogP contribution is -2.22. The van der Waals surface area contributed by atoms with Gasteiger partial charge >= 0.3 is 6.09 Å². The van der Waals surface area contributed by atoms with E-state index in [0.29, 0.717) is 6.61 Å². The summed E-state index contributed by atoms with van der Waals surface area (Å²) in [5.41, 5.74) is 0.952. The number of amides is 1. The Labute approximate surface area is 96.8 Å². The third kappa shape index (κ3) is 5.39. The lowest BCUT2D eigenvalue weighted by Gasteiger charge is -2.05. The van der Waals surface area contributed by atoms with Gasteiger partial charge in [-0.15, -0.1) is 0 Å². The van der Waals surface area contributed by atoms with Gasteiger partial charge in [-0.2, -0.15) is 0 Å². The maximum absolute atomic E-state index is 11.2. The van der Waals surface area contributed by atoms with Crippen molar-refractivity contribution in [1.29, 1.82) is 0 Å². The van der Waals surface area contributed by atoms with Crippen molar-refractivity contribution in [2.24, 2.45) is 0 Å². The third-order valence-corrected chi connectivity index (χ3v) is 2.14. The van der Waals surface area contributed by atoms with Crippen LogP contribution in [0.25, 0.3) is 0 Å². The number of benzene rings is 1. The normalized spacial score (nSPS) is 9.81. The predicted octanol–water partition coefficient (Wildman–Crippen LogP) is 3.11. The van der Waals surface area contributed by atoms with E-state index in [1.54, 1.807) is 6.54 Å². The minimum Gasteiger partial charge on any atom is -0.450 e. The fourth-order valence-electron chi connectivity index (χ4n) is 1.25. The van der Waals surface area contributed by atoms with Crippen molar-refractivity contribution < 1.29 is 9.53 Å². The number of nitrogens with one attached hydrogen (secondary N) is 1. The second-order valence-corrected chi connectivity index (χ2v) is 3.54. The van der Waals surface area contributed by atoms with Crippen molar-refractivity contribution >= 4 is 6.09 Å². The molecule has 16 heavy (non-hydrogen) atoms. The molecule has 0 saturated carbocycles. The summed E-state index contributed by atoms with van der Waals surface area (Å²) < 4.78 is 4.98. The molecule has 1 aromatic rings. The third-order valence-electron chi connectivity index (χ3n) is 2.14. The van der Waals surface area contributed by atoms with Gasteiger partial charge in [0.15, 0.2) is 0 Å². The molecule has 87 valence electrons. The van der Waals surface area contributed by atoms with Gasteiger partial charge in [0.1, 0.15) is 0 Å². The highest BCUT2D eigenvalue weighted by molar-refractivity contribution is 5.68. The van der Waals surface area contributed by atoms with Gasteiger partial charge in [0.25, 0.3) is 0 Å². The van der Waals surface area contributed by atoms with Crippen LogP contribution in [0, 0.1) is 6.54 Å². The Hall–Kier alpha value is -1.51. The van der Waals surface area contributed by atoms with Crippen molar-refractivity contribution in [2.45, 2.75) is 26.2 Å². The van der Waals surface area contributed by atoms with Gasteiger partial charge < -0.3 is 10.1 Å². The van der Waals surface area contributed by atoms with Crippen molar-refractivity contribution in [1.82, 2.24) is 5.32 Å². The van der Waals surface area contributed by atoms with Crippen LogP contribution in [-0.2, 0) is 4.74 Å². The average Bonchev–Trinajstić information content (AvgIpc) is 2.33. The van der Waals surface area contributed by atoms with Crippen LogP contribution >= 0.6 is 0 Å². The van der Waals surface area contributed by atoms with E-state index in [-0.39, 0.29) is 6.09 Å². The second kappa shape index (κ2) is 7.74. The number of carbonyl (C=O) groups is 1. The summed E-state index contributed by atoms with van der Waals surface area (Å²) in [5.74, 6) is 0. The molecule has 0 aromatic heterocycles. The monoisotopic (exact) mass is 220 g/mol. The molecule has 1 rings (SSSR count). The van der Waals surface area contributed by atoms with Crippen LogP contribution in [0.1, 0.15) is 31.7 Å². The molecule has 0 heterocycles. The molecule has 0 spiro atoms. The molecule has 1 N–H and O–H groups in total. The quantitative estimate of drug-likeness (QED) is 0.748. The molecule has 1 aromatic carbocycles. The fraction of sp³-hybridized carbons (Fsp3) is 0.385.